The maximum absolute atomic E-state index is 11.4. The van der Waals surface area contributed by atoms with Gasteiger partial charge in [-0.1, -0.05) is 12.1 Å². The molecule has 0 unspecified atom stereocenters. The van der Waals surface area contributed by atoms with Crippen LogP contribution in [0.15, 0.2) is 36.4 Å². The molecule has 2 aromatic rings. The zero-order chi connectivity index (χ0) is 14.4. The van der Waals surface area contributed by atoms with Crippen molar-refractivity contribution in [3.05, 3.63) is 36.4 Å². The van der Waals surface area contributed by atoms with Crippen molar-refractivity contribution in [3.8, 4) is 17.1 Å². The predicted octanol–water partition coefficient (Wildman–Crippen LogP) is 1.74. The van der Waals surface area contributed by atoms with Crippen LogP contribution < -0.4 is 10.1 Å². The van der Waals surface area contributed by atoms with E-state index in [1.165, 1.54) is 7.11 Å². The third-order valence-electron chi connectivity index (χ3n) is 2.59. The van der Waals surface area contributed by atoms with Gasteiger partial charge in [0.1, 0.15) is 6.61 Å². The summed E-state index contributed by atoms with van der Waals surface area (Å²) >= 11 is 0. The summed E-state index contributed by atoms with van der Waals surface area (Å²) in [5.41, 5.74) is 2.35. The smallest absolute Gasteiger partial charge is 0.250 e. The Kier molecular flexibility index (Phi) is 4.62. The number of carbonyl (C=O) groups excluding carboxylic acids is 1. The molecule has 1 aromatic heterocycles. The molecular formula is C14H15N3O3. The van der Waals surface area contributed by atoms with Crippen LogP contribution in [0, 0.1) is 0 Å². The molecule has 0 aliphatic heterocycles. The summed E-state index contributed by atoms with van der Waals surface area (Å²) in [4.78, 5) is 11.4. The molecule has 20 heavy (non-hydrogen) atoms. The minimum atomic E-state index is -0.190. The van der Waals surface area contributed by atoms with Crippen molar-refractivity contribution in [2.45, 2.75) is 0 Å². The highest BCUT2D eigenvalue weighted by atomic mass is 16.5. The Morgan fingerprint density at radius 2 is 1.85 bits per heavy atom. The zero-order valence-corrected chi connectivity index (χ0v) is 11.3. The number of methoxy groups -OCH3 is 2. The molecule has 0 atom stereocenters. The second kappa shape index (κ2) is 6.63. The molecule has 0 saturated heterocycles. The molecule has 0 bridgehead atoms. The molecule has 0 fully saturated rings. The second-order valence-corrected chi connectivity index (χ2v) is 4.02. The van der Waals surface area contributed by atoms with Crippen LogP contribution in [0.4, 0.5) is 5.69 Å². The second-order valence-electron chi connectivity index (χ2n) is 4.02. The van der Waals surface area contributed by atoms with Gasteiger partial charge >= 0.3 is 0 Å². The first kappa shape index (κ1) is 14.0. The standard InChI is InChI=1S/C14H15N3O3/c1-19-9-13(18)15-11-5-3-10(4-6-11)12-7-8-14(20-2)17-16-12/h3-8H,9H2,1-2H3,(H,15,18). The molecule has 1 heterocycles. The molecule has 1 aromatic carbocycles. The van der Waals surface area contributed by atoms with Crippen molar-refractivity contribution >= 4 is 11.6 Å². The molecule has 104 valence electrons. The molecule has 6 nitrogen and oxygen atoms in total. The van der Waals surface area contributed by atoms with Crippen LogP contribution in [-0.2, 0) is 9.53 Å². The first-order valence-electron chi connectivity index (χ1n) is 6.00. The molecule has 0 saturated carbocycles. The summed E-state index contributed by atoms with van der Waals surface area (Å²) in [7, 11) is 3.02. The zero-order valence-electron chi connectivity index (χ0n) is 11.3. The van der Waals surface area contributed by atoms with E-state index in [0.29, 0.717) is 11.6 Å². The van der Waals surface area contributed by atoms with Crippen LogP contribution >= 0.6 is 0 Å². The van der Waals surface area contributed by atoms with Crippen molar-refractivity contribution in [2.24, 2.45) is 0 Å². The Bertz CT molecular complexity index is 567. The molecule has 1 N–H and O–H groups in total. The summed E-state index contributed by atoms with van der Waals surface area (Å²) < 4.78 is 9.71. The quantitative estimate of drug-likeness (QED) is 0.898. The van der Waals surface area contributed by atoms with E-state index in [1.54, 1.807) is 25.3 Å². The lowest BCUT2D eigenvalue weighted by atomic mass is 10.1. The van der Waals surface area contributed by atoms with Gasteiger partial charge in [0, 0.05) is 24.4 Å². The Morgan fingerprint density at radius 3 is 2.40 bits per heavy atom. The fourth-order valence-electron chi connectivity index (χ4n) is 1.64. The predicted molar refractivity (Wildman–Crippen MR) is 74.5 cm³/mol. The minimum absolute atomic E-state index is 0.0334. The summed E-state index contributed by atoms with van der Waals surface area (Å²) in [6.45, 7) is 0.0334. The number of rotatable bonds is 5. The van der Waals surface area contributed by atoms with Crippen LogP contribution in [0.5, 0.6) is 5.88 Å². The highest BCUT2D eigenvalue weighted by Gasteiger charge is 2.04. The van der Waals surface area contributed by atoms with Gasteiger partial charge in [-0.3, -0.25) is 4.79 Å². The number of nitrogens with one attached hydrogen (secondary N) is 1. The van der Waals surface area contributed by atoms with Gasteiger partial charge in [0.05, 0.1) is 12.8 Å². The molecule has 0 spiro atoms. The van der Waals surface area contributed by atoms with E-state index < -0.39 is 0 Å². The summed E-state index contributed by atoms with van der Waals surface area (Å²) in [5, 5.41) is 10.7. The fourth-order valence-corrected chi connectivity index (χ4v) is 1.64. The van der Waals surface area contributed by atoms with E-state index in [0.717, 1.165) is 11.3 Å². The van der Waals surface area contributed by atoms with Crippen molar-refractivity contribution < 1.29 is 14.3 Å². The van der Waals surface area contributed by atoms with E-state index >= 15 is 0 Å². The van der Waals surface area contributed by atoms with Gasteiger partial charge in [-0.05, 0) is 18.2 Å². The van der Waals surface area contributed by atoms with E-state index in [4.69, 9.17) is 9.47 Å². The molecule has 6 heteroatoms. The highest BCUT2D eigenvalue weighted by Crippen LogP contribution is 2.20. The maximum atomic E-state index is 11.4. The summed E-state index contributed by atoms with van der Waals surface area (Å²) in [5.74, 6) is 0.279. The number of ether oxygens (including phenoxy) is 2. The van der Waals surface area contributed by atoms with Crippen LogP contribution in [-0.4, -0.2) is 36.9 Å². The van der Waals surface area contributed by atoms with Crippen LogP contribution in [0.25, 0.3) is 11.3 Å². The SMILES string of the molecule is COCC(=O)Nc1ccc(-c2ccc(OC)nn2)cc1. The van der Waals surface area contributed by atoms with Gasteiger partial charge in [0.15, 0.2) is 0 Å². The van der Waals surface area contributed by atoms with Crippen LogP contribution in [0.1, 0.15) is 0 Å². The monoisotopic (exact) mass is 273 g/mol. The van der Waals surface area contributed by atoms with E-state index in [2.05, 4.69) is 15.5 Å². The van der Waals surface area contributed by atoms with Crippen molar-refractivity contribution in [2.75, 3.05) is 26.1 Å². The number of carbonyl (C=O) groups is 1. The molecule has 0 radical (unpaired) electrons. The summed E-state index contributed by atoms with van der Waals surface area (Å²) in [6.07, 6.45) is 0. The van der Waals surface area contributed by atoms with Crippen LogP contribution in [0.3, 0.4) is 0 Å². The van der Waals surface area contributed by atoms with E-state index in [1.807, 2.05) is 18.2 Å². The lowest BCUT2D eigenvalue weighted by Gasteiger charge is -2.06. The number of nitrogens with zero attached hydrogens (tertiary/aromatic N) is 2. The first-order chi connectivity index (χ1) is 9.72. The van der Waals surface area contributed by atoms with Gasteiger partial charge in [0.2, 0.25) is 11.8 Å². The third-order valence-corrected chi connectivity index (χ3v) is 2.59. The number of hydrogen-bond donors (Lipinski definition) is 1. The number of aromatic nitrogens is 2. The Hall–Kier alpha value is -2.47. The topological polar surface area (TPSA) is 73.3 Å². The van der Waals surface area contributed by atoms with Crippen LogP contribution in [0.2, 0.25) is 0 Å². The maximum Gasteiger partial charge on any atom is 0.250 e. The lowest BCUT2D eigenvalue weighted by molar-refractivity contribution is -0.119. The van der Waals surface area contributed by atoms with Crippen molar-refractivity contribution in [1.29, 1.82) is 0 Å². The van der Waals surface area contributed by atoms with Gasteiger partial charge in [-0.15, -0.1) is 10.2 Å². The third kappa shape index (κ3) is 3.52. The average Bonchev–Trinajstić information content (AvgIpc) is 2.48. The molecule has 2 rings (SSSR count). The van der Waals surface area contributed by atoms with Gasteiger partial charge < -0.3 is 14.8 Å². The van der Waals surface area contributed by atoms with Gasteiger partial charge in [0.25, 0.3) is 0 Å². The molecule has 0 aliphatic carbocycles. The molecular weight excluding hydrogens is 258 g/mol. The Balaban J connectivity index is 2.08. The Labute approximate surface area is 116 Å². The molecule has 0 aliphatic rings. The minimum Gasteiger partial charge on any atom is -0.480 e. The number of anilines is 1. The highest BCUT2D eigenvalue weighted by molar-refractivity contribution is 5.91. The fraction of sp³-hybridized carbons (Fsp3) is 0.214. The number of hydrogen-bond acceptors (Lipinski definition) is 5. The largest absolute Gasteiger partial charge is 0.480 e. The summed E-state index contributed by atoms with van der Waals surface area (Å²) in [6, 6.07) is 10.9. The van der Waals surface area contributed by atoms with E-state index in [-0.39, 0.29) is 12.5 Å². The Morgan fingerprint density at radius 1 is 1.10 bits per heavy atom. The van der Waals surface area contributed by atoms with E-state index in [9.17, 15) is 4.79 Å². The van der Waals surface area contributed by atoms with Crippen molar-refractivity contribution in [1.82, 2.24) is 10.2 Å². The van der Waals surface area contributed by atoms with Crippen molar-refractivity contribution in [3.63, 3.8) is 0 Å². The van der Waals surface area contributed by atoms with Gasteiger partial charge in [-0.2, -0.15) is 0 Å². The molecule has 1 amide bonds. The number of benzene rings is 1. The normalized spacial score (nSPS) is 10.1. The lowest BCUT2D eigenvalue weighted by Crippen LogP contribution is -2.16. The first-order valence-corrected chi connectivity index (χ1v) is 6.00. The average molecular weight is 273 g/mol. The number of amides is 1. The van der Waals surface area contributed by atoms with Gasteiger partial charge in [-0.25, -0.2) is 0 Å².